The van der Waals surface area contributed by atoms with Crippen molar-refractivity contribution >= 4 is 0 Å². The van der Waals surface area contributed by atoms with Crippen molar-refractivity contribution in [1.29, 1.82) is 0 Å². The van der Waals surface area contributed by atoms with E-state index in [9.17, 15) is 4.39 Å². The fraction of sp³-hybridized carbons (Fsp3) is 0.286. The monoisotopic (exact) mass is 218 g/mol. The minimum atomic E-state index is -0.848. The fourth-order valence-corrected chi connectivity index (χ4v) is 1.66. The summed E-state index contributed by atoms with van der Waals surface area (Å²) in [4.78, 5) is 0. The third-order valence-corrected chi connectivity index (χ3v) is 2.62. The summed E-state index contributed by atoms with van der Waals surface area (Å²) in [5, 5.41) is 0. The predicted octanol–water partition coefficient (Wildman–Crippen LogP) is 3.54. The summed E-state index contributed by atoms with van der Waals surface area (Å²) in [5.74, 6) is 0.635. The molecule has 84 valence electrons. The van der Waals surface area contributed by atoms with Crippen LogP contribution in [-0.4, -0.2) is 12.8 Å². The van der Waals surface area contributed by atoms with Crippen LogP contribution in [0.15, 0.2) is 54.6 Å². The number of halogens is 1. The molecule has 0 bridgehead atoms. The van der Waals surface area contributed by atoms with Crippen molar-refractivity contribution in [3.8, 4) is 5.75 Å². The van der Waals surface area contributed by atoms with Crippen molar-refractivity contribution in [3.05, 3.63) is 54.6 Å². The van der Waals surface area contributed by atoms with E-state index in [4.69, 9.17) is 4.74 Å². The van der Waals surface area contributed by atoms with Gasteiger partial charge in [-0.1, -0.05) is 42.5 Å². The van der Waals surface area contributed by atoms with Gasteiger partial charge in [0.15, 0.2) is 0 Å². The van der Waals surface area contributed by atoms with Gasteiger partial charge in [-0.15, -0.1) is 0 Å². The molecule has 1 aliphatic rings. The molecule has 0 fully saturated rings. The van der Waals surface area contributed by atoms with Gasteiger partial charge in [0.25, 0.3) is 0 Å². The second-order valence-corrected chi connectivity index (χ2v) is 3.85. The van der Waals surface area contributed by atoms with Crippen molar-refractivity contribution in [2.75, 3.05) is 6.61 Å². The molecule has 0 saturated carbocycles. The SMILES string of the molecule is FC1CC=CC=CC1COc1ccccc1. The van der Waals surface area contributed by atoms with Crippen LogP contribution in [0.5, 0.6) is 5.75 Å². The van der Waals surface area contributed by atoms with E-state index >= 15 is 0 Å². The van der Waals surface area contributed by atoms with E-state index in [-0.39, 0.29) is 5.92 Å². The highest BCUT2D eigenvalue weighted by atomic mass is 19.1. The molecular formula is C14H15FO. The Morgan fingerprint density at radius 2 is 2.00 bits per heavy atom. The molecule has 2 heteroatoms. The fourth-order valence-electron chi connectivity index (χ4n) is 1.66. The van der Waals surface area contributed by atoms with Gasteiger partial charge in [-0.25, -0.2) is 4.39 Å². The van der Waals surface area contributed by atoms with Gasteiger partial charge in [-0.3, -0.25) is 0 Å². The zero-order valence-electron chi connectivity index (χ0n) is 9.05. The van der Waals surface area contributed by atoms with Crippen molar-refractivity contribution in [2.24, 2.45) is 5.92 Å². The lowest BCUT2D eigenvalue weighted by atomic mass is 10.0. The zero-order chi connectivity index (χ0) is 11.2. The van der Waals surface area contributed by atoms with E-state index in [1.807, 2.05) is 54.6 Å². The Bertz CT molecular complexity index is 370. The van der Waals surface area contributed by atoms with Crippen LogP contribution >= 0.6 is 0 Å². The second kappa shape index (κ2) is 5.50. The molecule has 2 rings (SSSR count). The average Bonchev–Trinajstić information content (AvgIpc) is 2.53. The molecule has 2 atom stereocenters. The van der Waals surface area contributed by atoms with Gasteiger partial charge >= 0.3 is 0 Å². The summed E-state index contributed by atoms with van der Waals surface area (Å²) in [6.07, 6.45) is 7.11. The van der Waals surface area contributed by atoms with E-state index in [1.165, 1.54) is 0 Å². The number of benzene rings is 1. The summed E-state index contributed by atoms with van der Waals surface area (Å²) < 4.78 is 19.2. The number of rotatable bonds is 3. The minimum Gasteiger partial charge on any atom is -0.493 e. The molecule has 0 spiro atoms. The predicted molar refractivity (Wildman–Crippen MR) is 63.2 cm³/mol. The first-order valence-corrected chi connectivity index (χ1v) is 5.51. The zero-order valence-corrected chi connectivity index (χ0v) is 9.05. The van der Waals surface area contributed by atoms with Crippen LogP contribution in [0.3, 0.4) is 0 Å². The van der Waals surface area contributed by atoms with Gasteiger partial charge in [-0.2, -0.15) is 0 Å². The maximum Gasteiger partial charge on any atom is 0.119 e. The molecule has 1 aliphatic carbocycles. The van der Waals surface area contributed by atoms with Crippen molar-refractivity contribution in [1.82, 2.24) is 0 Å². The van der Waals surface area contributed by atoms with Gasteiger partial charge in [-0.05, 0) is 18.6 Å². The van der Waals surface area contributed by atoms with E-state index in [0.29, 0.717) is 13.0 Å². The second-order valence-electron chi connectivity index (χ2n) is 3.85. The minimum absolute atomic E-state index is 0.157. The third-order valence-electron chi connectivity index (χ3n) is 2.62. The third kappa shape index (κ3) is 2.96. The topological polar surface area (TPSA) is 9.23 Å². The molecule has 0 N–H and O–H groups in total. The first kappa shape index (κ1) is 10.9. The first-order chi connectivity index (χ1) is 7.86. The number of allylic oxidation sites excluding steroid dienone is 3. The average molecular weight is 218 g/mol. The molecule has 2 unspecified atom stereocenters. The molecule has 0 amide bonds. The molecule has 0 heterocycles. The van der Waals surface area contributed by atoms with Crippen molar-refractivity contribution in [3.63, 3.8) is 0 Å². The first-order valence-electron chi connectivity index (χ1n) is 5.51. The van der Waals surface area contributed by atoms with Crippen molar-refractivity contribution in [2.45, 2.75) is 12.6 Å². The van der Waals surface area contributed by atoms with E-state index in [1.54, 1.807) is 0 Å². The molecule has 0 saturated heterocycles. The molecule has 1 nitrogen and oxygen atoms in total. The molecule has 0 radical (unpaired) electrons. The van der Waals surface area contributed by atoms with Gasteiger partial charge in [0, 0.05) is 5.92 Å². The van der Waals surface area contributed by atoms with Crippen molar-refractivity contribution < 1.29 is 9.13 Å². The maximum absolute atomic E-state index is 13.6. The highest BCUT2D eigenvalue weighted by Gasteiger charge is 2.18. The number of hydrogen-bond acceptors (Lipinski definition) is 1. The van der Waals surface area contributed by atoms with Crippen LogP contribution in [-0.2, 0) is 0 Å². The molecular weight excluding hydrogens is 203 g/mol. The smallest absolute Gasteiger partial charge is 0.119 e. The highest BCUT2D eigenvalue weighted by molar-refractivity contribution is 5.21. The van der Waals surface area contributed by atoms with E-state index < -0.39 is 6.17 Å². The quantitative estimate of drug-likeness (QED) is 0.754. The van der Waals surface area contributed by atoms with Crippen LogP contribution in [0.4, 0.5) is 4.39 Å². The number of alkyl halides is 1. The Balaban J connectivity index is 1.90. The number of para-hydroxylation sites is 1. The Hall–Kier alpha value is -1.57. The summed E-state index contributed by atoms with van der Waals surface area (Å²) in [7, 11) is 0. The maximum atomic E-state index is 13.6. The normalized spacial score (nSPS) is 24.1. The van der Waals surface area contributed by atoms with Crippen LogP contribution in [0.2, 0.25) is 0 Å². The van der Waals surface area contributed by atoms with Gasteiger partial charge in [0.1, 0.15) is 11.9 Å². The molecule has 16 heavy (non-hydrogen) atoms. The molecule has 0 aromatic heterocycles. The molecule has 1 aromatic rings. The summed E-state index contributed by atoms with van der Waals surface area (Å²) in [5.41, 5.74) is 0. The molecule has 0 aliphatic heterocycles. The Morgan fingerprint density at radius 1 is 1.19 bits per heavy atom. The lowest BCUT2D eigenvalue weighted by Crippen LogP contribution is -2.20. The Kier molecular flexibility index (Phi) is 3.76. The summed E-state index contributed by atoms with van der Waals surface area (Å²) >= 11 is 0. The number of ether oxygens (including phenoxy) is 1. The van der Waals surface area contributed by atoms with Crippen LogP contribution in [0.25, 0.3) is 0 Å². The van der Waals surface area contributed by atoms with Crippen LogP contribution < -0.4 is 4.74 Å². The van der Waals surface area contributed by atoms with E-state index in [0.717, 1.165) is 5.75 Å². The van der Waals surface area contributed by atoms with E-state index in [2.05, 4.69) is 0 Å². The summed E-state index contributed by atoms with van der Waals surface area (Å²) in [6.45, 7) is 0.392. The Morgan fingerprint density at radius 3 is 2.81 bits per heavy atom. The van der Waals surface area contributed by atoms with Gasteiger partial charge < -0.3 is 4.74 Å². The van der Waals surface area contributed by atoms with Crippen LogP contribution in [0.1, 0.15) is 6.42 Å². The summed E-state index contributed by atoms with van der Waals surface area (Å²) in [6, 6.07) is 9.51. The van der Waals surface area contributed by atoms with Gasteiger partial charge in [0.05, 0.1) is 6.61 Å². The van der Waals surface area contributed by atoms with Crippen LogP contribution in [0, 0.1) is 5.92 Å². The van der Waals surface area contributed by atoms with Gasteiger partial charge in [0.2, 0.25) is 0 Å². The largest absolute Gasteiger partial charge is 0.493 e. The lowest BCUT2D eigenvalue weighted by Gasteiger charge is -2.16. The lowest BCUT2D eigenvalue weighted by molar-refractivity contribution is 0.186. The Labute approximate surface area is 95.2 Å². The number of hydrogen-bond donors (Lipinski definition) is 0. The highest BCUT2D eigenvalue weighted by Crippen LogP contribution is 2.19. The standard InChI is InChI=1S/C14H15FO/c15-14-10-6-1-3-7-12(14)11-16-13-8-4-2-5-9-13/h1-9,12,14H,10-11H2. The molecule has 1 aromatic carbocycles.